The standard InChI is InChI=1S/C25H34N4O4/c1-17-13-29(14-21-8-6-7-11-26-21)18(2)16-33-23-10-9-20(27-19(3)30)12-22(23)25(31)28(4)15-24(17)32-5/h6-12,17-18,24H,13-16H2,1-5H3,(H,27,30)/t17-,18-,24-/m1/s1. The van der Waals surface area contributed by atoms with Gasteiger partial charge in [-0.1, -0.05) is 13.0 Å². The maximum atomic E-state index is 13.3. The van der Waals surface area contributed by atoms with E-state index in [2.05, 4.69) is 29.0 Å². The molecule has 2 aromatic rings. The average Bonchev–Trinajstić information content (AvgIpc) is 2.80. The summed E-state index contributed by atoms with van der Waals surface area (Å²) in [5.41, 5.74) is 1.96. The normalized spacial score (nSPS) is 22.5. The van der Waals surface area contributed by atoms with Gasteiger partial charge >= 0.3 is 0 Å². The molecule has 1 aliphatic heterocycles. The van der Waals surface area contributed by atoms with Crippen LogP contribution in [0.2, 0.25) is 0 Å². The first-order valence-corrected chi connectivity index (χ1v) is 11.2. The van der Waals surface area contributed by atoms with Gasteiger partial charge in [0.1, 0.15) is 12.4 Å². The van der Waals surface area contributed by atoms with Crippen molar-refractivity contribution in [3.63, 3.8) is 0 Å². The van der Waals surface area contributed by atoms with Gasteiger partial charge in [-0.2, -0.15) is 0 Å². The van der Waals surface area contributed by atoms with Gasteiger partial charge in [0.15, 0.2) is 0 Å². The SMILES string of the molecule is CO[C@@H]1CN(C)C(=O)c2cc(NC(C)=O)ccc2OC[C@@H](C)N(Cc2ccccn2)C[C@H]1C. The lowest BCUT2D eigenvalue weighted by atomic mass is 10.0. The maximum Gasteiger partial charge on any atom is 0.257 e. The summed E-state index contributed by atoms with van der Waals surface area (Å²) in [6.07, 6.45) is 1.66. The lowest BCUT2D eigenvalue weighted by Gasteiger charge is -2.35. The van der Waals surface area contributed by atoms with Crippen LogP contribution in [0.4, 0.5) is 5.69 Å². The van der Waals surface area contributed by atoms with Crippen LogP contribution in [-0.2, 0) is 16.1 Å². The van der Waals surface area contributed by atoms with Crippen molar-refractivity contribution in [3.05, 3.63) is 53.9 Å². The topological polar surface area (TPSA) is 84.0 Å². The Bertz CT molecular complexity index is 953. The summed E-state index contributed by atoms with van der Waals surface area (Å²) >= 11 is 0. The number of anilines is 1. The summed E-state index contributed by atoms with van der Waals surface area (Å²) in [5, 5.41) is 2.74. The van der Waals surface area contributed by atoms with E-state index in [9.17, 15) is 9.59 Å². The van der Waals surface area contributed by atoms with Gasteiger partial charge < -0.3 is 19.7 Å². The fraction of sp³-hybridized carbons (Fsp3) is 0.480. The number of pyridine rings is 1. The molecule has 1 aromatic heterocycles. The number of carbonyl (C=O) groups excluding carboxylic acids is 2. The lowest BCUT2D eigenvalue weighted by molar-refractivity contribution is -0.114. The molecular weight excluding hydrogens is 420 g/mol. The third kappa shape index (κ3) is 6.52. The fourth-order valence-electron chi connectivity index (χ4n) is 4.05. The van der Waals surface area contributed by atoms with E-state index in [-0.39, 0.29) is 29.9 Å². The number of rotatable bonds is 4. The predicted octanol–water partition coefficient (Wildman–Crippen LogP) is 3.05. The molecule has 0 saturated carbocycles. The Morgan fingerprint density at radius 3 is 2.70 bits per heavy atom. The van der Waals surface area contributed by atoms with Crippen molar-refractivity contribution in [1.82, 2.24) is 14.8 Å². The second-order valence-electron chi connectivity index (χ2n) is 8.74. The molecule has 0 fully saturated rings. The second-order valence-corrected chi connectivity index (χ2v) is 8.74. The molecule has 1 aromatic carbocycles. The van der Waals surface area contributed by atoms with Crippen molar-refractivity contribution in [1.29, 1.82) is 0 Å². The van der Waals surface area contributed by atoms with E-state index in [4.69, 9.17) is 9.47 Å². The summed E-state index contributed by atoms with van der Waals surface area (Å²) in [4.78, 5) is 33.3. The highest BCUT2D eigenvalue weighted by Gasteiger charge is 2.28. The van der Waals surface area contributed by atoms with E-state index in [0.717, 1.165) is 12.2 Å². The Morgan fingerprint density at radius 2 is 2.03 bits per heavy atom. The number of likely N-dealkylation sites (N-methyl/N-ethyl adjacent to an activating group) is 1. The number of nitrogens with zero attached hydrogens (tertiary/aromatic N) is 3. The second kappa shape index (κ2) is 11.2. The molecule has 2 heterocycles. The number of carbonyl (C=O) groups is 2. The van der Waals surface area contributed by atoms with E-state index in [1.165, 1.54) is 6.92 Å². The van der Waals surface area contributed by atoms with Crippen molar-refractivity contribution in [2.45, 2.75) is 39.5 Å². The number of nitrogens with one attached hydrogen (secondary N) is 1. The molecule has 0 saturated heterocycles. The minimum absolute atomic E-state index is 0.0714. The van der Waals surface area contributed by atoms with E-state index >= 15 is 0 Å². The van der Waals surface area contributed by atoms with Crippen LogP contribution >= 0.6 is 0 Å². The van der Waals surface area contributed by atoms with Crippen molar-refractivity contribution < 1.29 is 19.1 Å². The molecule has 0 spiro atoms. The number of hydrogen-bond donors (Lipinski definition) is 1. The highest BCUT2D eigenvalue weighted by atomic mass is 16.5. The van der Waals surface area contributed by atoms with Crippen LogP contribution < -0.4 is 10.1 Å². The summed E-state index contributed by atoms with van der Waals surface area (Å²) in [5.74, 6) is 0.288. The molecule has 1 N–H and O–H groups in total. The summed E-state index contributed by atoms with van der Waals surface area (Å²) < 4.78 is 12.0. The minimum Gasteiger partial charge on any atom is -0.491 e. The monoisotopic (exact) mass is 454 g/mol. The zero-order chi connectivity index (χ0) is 24.0. The third-order valence-corrected chi connectivity index (χ3v) is 5.99. The molecule has 33 heavy (non-hydrogen) atoms. The molecular formula is C25H34N4O4. The molecule has 0 aliphatic carbocycles. The highest BCUT2D eigenvalue weighted by molar-refractivity contribution is 5.99. The Morgan fingerprint density at radius 1 is 1.24 bits per heavy atom. The van der Waals surface area contributed by atoms with Gasteiger partial charge in [0.25, 0.3) is 5.91 Å². The summed E-state index contributed by atoms with van der Waals surface area (Å²) in [6, 6.07) is 11.2. The van der Waals surface area contributed by atoms with Crippen LogP contribution in [0.25, 0.3) is 0 Å². The van der Waals surface area contributed by atoms with Gasteiger partial charge in [0, 0.05) is 58.6 Å². The van der Waals surface area contributed by atoms with Gasteiger partial charge in [-0.15, -0.1) is 0 Å². The minimum atomic E-state index is -0.197. The van der Waals surface area contributed by atoms with E-state index in [1.807, 2.05) is 18.2 Å². The van der Waals surface area contributed by atoms with E-state index < -0.39 is 0 Å². The first-order chi connectivity index (χ1) is 15.8. The van der Waals surface area contributed by atoms with Crippen LogP contribution in [-0.4, -0.2) is 72.6 Å². The van der Waals surface area contributed by atoms with Gasteiger partial charge in [0.2, 0.25) is 5.91 Å². The first-order valence-electron chi connectivity index (χ1n) is 11.2. The van der Waals surface area contributed by atoms with Gasteiger partial charge in [-0.25, -0.2) is 0 Å². The Balaban J connectivity index is 1.94. The summed E-state index contributed by atoms with van der Waals surface area (Å²) in [6.45, 7) is 7.99. The first kappa shape index (κ1) is 24.7. The molecule has 3 atom stereocenters. The van der Waals surface area contributed by atoms with Crippen LogP contribution in [0.15, 0.2) is 42.6 Å². The van der Waals surface area contributed by atoms with Crippen molar-refractivity contribution in [3.8, 4) is 5.75 Å². The fourth-order valence-corrected chi connectivity index (χ4v) is 4.05. The Labute approximate surface area is 195 Å². The molecule has 1 aliphatic rings. The lowest BCUT2D eigenvalue weighted by Crippen LogP contribution is -2.46. The van der Waals surface area contributed by atoms with Crippen molar-refractivity contribution in [2.24, 2.45) is 5.92 Å². The van der Waals surface area contributed by atoms with Gasteiger partial charge in [-0.3, -0.25) is 19.5 Å². The van der Waals surface area contributed by atoms with E-state index in [0.29, 0.717) is 36.7 Å². The molecule has 0 unspecified atom stereocenters. The molecule has 2 amide bonds. The molecule has 3 rings (SSSR count). The number of amides is 2. The zero-order valence-corrected chi connectivity index (χ0v) is 20.1. The van der Waals surface area contributed by atoms with Crippen LogP contribution in [0.1, 0.15) is 36.8 Å². The van der Waals surface area contributed by atoms with Crippen molar-refractivity contribution in [2.75, 3.05) is 39.2 Å². The molecule has 0 bridgehead atoms. The number of hydrogen-bond acceptors (Lipinski definition) is 6. The number of ether oxygens (including phenoxy) is 2. The maximum absolute atomic E-state index is 13.3. The third-order valence-electron chi connectivity index (χ3n) is 5.99. The van der Waals surface area contributed by atoms with Crippen LogP contribution in [0.5, 0.6) is 5.75 Å². The quantitative estimate of drug-likeness (QED) is 0.765. The van der Waals surface area contributed by atoms with E-state index in [1.54, 1.807) is 43.5 Å². The zero-order valence-electron chi connectivity index (χ0n) is 20.1. The van der Waals surface area contributed by atoms with Gasteiger partial charge in [-0.05, 0) is 43.2 Å². The highest BCUT2D eigenvalue weighted by Crippen LogP contribution is 2.26. The average molecular weight is 455 g/mol. The number of methoxy groups -OCH3 is 1. The molecule has 8 heteroatoms. The van der Waals surface area contributed by atoms with Crippen LogP contribution in [0.3, 0.4) is 0 Å². The molecule has 178 valence electrons. The summed E-state index contributed by atoms with van der Waals surface area (Å²) in [7, 11) is 3.44. The molecule has 0 radical (unpaired) electrons. The van der Waals surface area contributed by atoms with Crippen molar-refractivity contribution >= 4 is 17.5 Å². The number of fused-ring (bicyclic) bond motifs is 1. The number of benzene rings is 1. The largest absolute Gasteiger partial charge is 0.491 e. The predicted molar refractivity (Wildman–Crippen MR) is 127 cm³/mol. The number of aromatic nitrogens is 1. The van der Waals surface area contributed by atoms with Crippen LogP contribution in [0, 0.1) is 5.92 Å². The van der Waals surface area contributed by atoms with Gasteiger partial charge in [0.05, 0.1) is 17.4 Å². The Hall–Kier alpha value is -2.97. The Kier molecular flexibility index (Phi) is 8.41. The smallest absolute Gasteiger partial charge is 0.257 e. The molecule has 8 nitrogen and oxygen atoms in total.